The fourth-order valence-electron chi connectivity index (χ4n) is 1.49. The first kappa shape index (κ1) is 13.7. The Kier molecular flexibility index (Phi) is 4.66. The zero-order chi connectivity index (χ0) is 12.9. The molecule has 0 heterocycles. The molecule has 0 aliphatic rings. The van der Waals surface area contributed by atoms with Gasteiger partial charge in [0.25, 0.3) is 0 Å². The topological polar surface area (TPSA) is 64.3 Å². The highest BCUT2D eigenvalue weighted by Crippen LogP contribution is 2.09. The van der Waals surface area contributed by atoms with E-state index in [1.807, 2.05) is 32.0 Å². The molecule has 94 valence electrons. The maximum Gasteiger partial charge on any atom is 0.249 e. The minimum Gasteiger partial charge on any atom is -0.377 e. The molecule has 0 radical (unpaired) electrons. The number of nitrogens with two attached hydrogens (primary N) is 1. The number of rotatable bonds is 6. The summed E-state index contributed by atoms with van der Waals surface area (Å²) < 4.78 is 5.30. The first-order valence-electron chi connectivity index (χ1n) is 5.60. The van der Waals surface area contributed by atoms with Crippen LogP contribution in [0.15, 0.2) is 24.3 Å². The van der Waals surface area contributed by atoms with E-state index in [9.17, 15) is 4.79 Å². The minimum absolute atomic E-state index is 0.221. The number of nitrogens with one attached hydrogen (secondary N) is 1. The Bertz CT molecular complexity index is 389. The van der Waals surface area contributed by atoms with Crippen molar-refractivity contribution in [2.45, 2.75) is 26.0 Å². The molecule has 0 aliphatic carbocycles. The van der Waals surface area contributed by atoms with Gasteiger partial charge in [-0.05, 0) is 25.5 Å². The second kappa shape index (κ2) is 5.80. The summed E-state index contributed by atoms with van der Waals surface area (Å²) in [6, 6.07) is 7.33. The van der Waals surface area contributed by atoms with E-state index in [0.717, 1.165) is 5.56 Å². The molecule has 0 atom stereocenters. The highest BCUT2D eigenvalue weighted by Gasteiger charge is 2.15. The van der Waals surface area contributed by atoms with Crippen LogP contribution in [0.4, 0.5) is 0 Å². The first-order chi connectivity index (χ1) is 7.96. The first-order valence-corrected chi connectivity index (χ1v) is 5.60. The number of ether oxygens (including phenoxy) is 1. The van der Waals surface area contributed by atoms with Crippen LogP contribution in [0.5, 0.6) is 0 Å². The van der Waals surface area contributed by atoms with Gasteiger partial charge >= 0.3 is 0 Å². The van der Waals surface area contributed by atoms with Crippen molar-refractivity contribution in [1.29, 1.82) is 0 Å². The van der Waals surface area contributed by atoms with E-state index in [0.29, 0.717) is 18.7 Å². The molecule has 0 bridgehead atoms. The summed E-state index contributed by atoms with van der Waals surface area (Å²) in [5.74, 6) is -0.395. The zero-order valence-corrected chi connectivity index (χ0v) is 10.6. The van der Waals surface area contributed by atoms with Crippen LogP contribution in [0.1, 0.15) is 29.8 Å². The Hall–Kier alpha value is -1.39. The molecule has 4 nitrogen and oxygen atoms in total. The molecule has 4 heteroatoms. The number of carbonyl (C=O) groups is 1. The average Bonchev–Trinajstić information content (AvgIpc) is 2.29. The summed E-state index contributed by atoms with van der Waals surface area (Å²) in [4.78, 5) is 11.2. The fourth-order valence-corrected chi connectivity index (χ4v) is 1.49. The lowest BCUT2D eigenvalue weighted by Gasteiger charge is -2.23. The number of hydrogen-bond donors (Lipinski definition) is 2. The van der Waals surface area contributed by atoms with Crippen molar-refractivity contribution in [3.05, 3.63) is 35.4 Å². The molecular weight excluding hydrogens is 216 g/mol. The molecule has 1 amide bonds. The molecule has 0 saturated carbocycles. The number of carbonyl (C=O) groups excluding carboxylic acids is 1. The Balaban J connectivity index is 2.61. The fraction of sp³-hybridized carbons (Fsp3) is 0.462. The van der Waals surface area contributed by atoms with E-state index in [1.54, 1.807) is 13.2 Å². The van der Waals surface area contributed by atoms with Crippen LogP contribution >= 0.6 is 0 Å². The van der Waals surface area contributed by atoms with E-state index in [-0.39, 0.29) is 5.60 Å². The van der Waals surface area contributed by atoms with Crippen molar-refractivity contribution in [2.24, 2.45) is 5.73 Å². The van der Waals surface area contributed by atoms with Crippen LogP contribution < -0.4 is 11.1 Å². The number of benzene rings is 1. The third kappa shape index (κ3) is 4.17. The van der Waals surface area contributed by atoms with Crippen molar-refractivity contribution in [3.63, 3.8) is 0 Å². The van der Waals surface area contributed by atoms with Crippen LogP contribution in [0, 0.1) is 0 Å². The van der Waals surface area contributed by atoms with Gasteiger partial charge in [-0.3, -0.25) is 4.79 Å². The summed E-state index contributed by atoms with van der Waals surface area (Å²) in [6.07, 6.45) is 0. The largest absolute Gasteiger partial charge is 0.377 e. The Labute approximate surface area is 102 Å². The predicted molar refractivity (Wildman–Crippen MR) is 67.8 cm³/mol. The van der Waals surface area contributed by atoms with E-state index >= 15 is 0 Å². The number of methoxy groups -OCH3 is 1. The summed E-state index contributed by atoms with van der Waals surface area (Å²) in [5.41, 5.74) is 6.56. The summed E-state index contributed by atoms with van der Waals surface area (Å²) in [6.45, 7) is 5.31. The summed E-state index contributed by atoms with van der Waals surface area (Å²) in [7, 11) is 1.68. The predicted octanol–water partition coefficient (Wildman–Crippen LogP) is 1.30. The molecule has 0 unspecified atom stereocenters. The molecule has 3 N–H and O–H groups in total. The molecule has 0 aliphatic heterocycles. The van der Waals surface area contributed by atoms with Gasteiger partial charge in [0.15, 0.2) is 0 Å². The van der Waals surface area contributed by atoms with Gasteiger partial charge in [-0.25, -0.2) is 0 Å². The maximum atomic E-state index is 11.2. The lowest BCUT2D eigenvalue weighted by Crippen LogP contribution is -2.36. The Morgan fingerprint density at radius 2 is 2.06 bits per heavy atom. The third-order valence-electron chi connectivity index (χ3n) is 2.70. The van der Waals surface area contributed by atoms with Crippen molar-refractivity contribution >= 4 is 5.91 Å². The van der Waals surface area contributed by atoms with E-state index < -0.39 is 5.91 Å². The van der Waals surface area contributed by atoms with Crippen LogP contribution in [-0.2, 0) is 11.3 Å². The van der Waals surface area contributed by atoms with E-state index in [1.165, 1.54) is 0 Å². The highest BCUT2D eigenvalue weighted by atomic mass is 16.5. The Morgan fingerprint density at radius 1 is 1.41 bits per heavy atom. The standard InChI is InChI=1S/C13H20N2O2/c1-13(2,17-3)9-15-8-10-6-4-5-7-11(10)12(14)16/h4-7,15H,8-9H2,1-3H3,(H2,14,16). The second-order valence-electron chi connectivity index (χ2n) is 4.59. The SMILES string of the molecule is COC(C)(C)CNCc1ccccc1C(N)=O. The van der Waals surface area contributed by atoms with Gasteiger partial charge in [0, 0.05) is 25.8 Å². The van der Waals surface area contributed by atoms with Crippen LogP contribution in [0.25, 0.3) is 0 Å². The minimum atomic E-state index is -0.395. The van der Waals surface area contributed by atoms with Crippen LogP contribution in [-0.4, -0.2) is 25.2 Å². The summed E-state index contributed by atoms with van der Waals surface area (Å²) in [5, 5.41) is 3.26. The van der Waals surface area contributed by atoms with Gasteiger partial charge < -0.3 is 15.8 Å². The molecule has 17 heavy (non-hydrogen) atoms. The molecule has 0 saturated heterocycles. The normalized spacial score (nSPS) is 11.5. The highest BCUT2D eigenvalue weighted by molar-refractivity contribution is 5.94. The molecule has 1 aromatic rings. The lowest BCUT2D eigenvalue weighted by atomic mass is 10.1. The molecule has 0 spiro atoms. The lowest BCUT2D eigenvalue weighted by molar-refractivity contribution is 0.0230. The van der Waals surface area contributed by atoms with Crippen molar-refractivity contribution in [1.82, 2.24) is 5.32 Å². The Morgan fingerprint density at radius 3 is 2.65 bits per heavy atom. The van der Waals surface area contributed by atoms with Crippen LogP contribution in [0.3, 0.4) is 0 Å². The molecular formula is C13H20N2O2. The zero-order valence-electron chi connectivity index (χ0n) is 10.6. The number of amides is 1. The van der Waals surface area contributed by atoms with Crippen LogP contribution in [0.2, 0.25) is 0 Å². The van der Waals surface area contributed by atoms with Gasteiger partial charge in [0.2, 0.25) is 5.91 Å². The van der Waals surface area contributed by atoms with E-state index in [4.69, 9.17) is 10.5 Å². The van der Waals surface area contributed by atoms with Crippen molar-refractivity contribution < 1.29 is 9.53 Å². The molecule has 0 fully saturated rings. The van der Waals surface area contributed by atoms with Gasteiger partial charge in [-0.1, -0.05) is 18.2 Å². The van der Waals surface area contributed by atoms with E-state index in [2.05, 4.69) is 5.32 Å². The van der Waals surface area contributed by atoms with Gasteiger partial charge in [0.05, 0.1) is 5.60 Å². The monoisotopic (exact) mass is 236 g/mol. The molecule has 1 aromatic carbocycles. The van der Waals surface area contributed by atoms with Crippen molar-refractivity contribution in [2.75, 3.05) is 13.7 Å². The smallest absolute Gasteiger partial charge is 0.249 e. The van der Waals surface area contributed by atoms with Crippen molar-refractivity contribution in [3.8, 4) is 0 Å². The second-order valence-corrected chi connectivity index (χ2v) is 4.59. The molecule has 0 aromatic heterocycles. The maximum absolute atomic E-state index is 11.2. The number of primary amides is 1. The quantitative estimate of drug-likeness (QED) is 0.782. The summed E-state index contributed by atoms with van der Waals surface area (Å²) >= 11 is 0. The van der Waals surface area contributed by atoms with Gasteiger partial charge in [0.1, 0.15) is 0 Å². The van der Waals surface area contributed by atoms with Gasteiger partial charge in [-0.15, -0.1) is 0 Å². The van der Waals surface area contributed by atoms with Gasteiger partial charge in [-0.2, -0.15) is 0 Å². The number of hydrogen-bond acceptors (Lipinski definition) is 3. The average molecular weight is 236 g/mol. The molecule has 1 rings (SSSR count). The third-order valence-corrected chi connectivity index (χ3v) is 2.70.